The Morgan fingerprint density at radius 3 is 2.65 bits per heavy atom. The van der Waals surface area contributed by atoms with E-state index in [-0.39, 0.29) is 23.9 Å². The highest BCUT2D eigenvalue weighted by Crippen LogP contribution is 2.35. The van der Waals surface area contributed by atoms with Crippen molar-refractivity contribution in [3.05, 3.63) is 64.7 Å². The summed E-state index contributed by atoms with van der Waals surface area (Å²) in [6.07, 6.45) is -0.108. The van der Waals surface area contributed by atoms with Crippen molar-refractivity contribution in [2.24, 2.45) is 0 Å². The van der Waals surface area contributed by atoms with Gasteiger partial charge in [0.05, 0.1) is 14.2 Å². The number of benzene rings is 2. The first-order valence-electron chi connectivity index (χ1n) is 12.9. The number of thiazole rings is 1. The molecule has 4 amide bonds. The molecule has 3 aromatic rings. The van der Waals surface area contributed by atoms with Crippen molar-refractivity contribution in [2.75, 3.05) is 39.4 Å². The second-order valence-corrected chi connectivity index (χ2v) is 10.1. The first kappa shape index (κ1) is 29.3. The SMILES string of the molecule is COC(=O)COc1cccc(C[C@@H](C(=O)Nc2nc(C(=O)OC)cs2)N2C(=O)NC(c3ccc4c(c3)OCCO4)C2=O)c1. The van der Waals surface area contributed by atoms with Gasteiger partial charge < -0.3 is 34.3 Å². The summed E-state index contributed by atoms with van der Waals surface area (Å²) in [4.78, 5) is 68.9. The van der Waals surface area contributed by atoms with E-state index < -0.39 is 41.9 Å². The molecular weight excluding hydrogens is 584 g/mol. The summed E-state index contributed by atoms with van der Waals surface area (Å²) in [5.74, 6) is -1.38. The van der Waals surface area contributed by atoms with Gasteiger partial charge in [0.15, 0.2) is 28.9 Å². The minimum Gasteiger partial charge on any atom is -0.486 e. The number of esters is 2. The molecular formula is C28H26N4O10S. The fourth-order valence-corrected chi connectivity index (χ4v) is 5.14. The fourth-order valence-electron chi connectivity index (χ4n) is 4.46. The fraction of sp³-hybridized carbons (Fsp3) is 0.286. The number of aromatic nitrogens is 1. The van der Waals surface area contributed by atoms with E-state index in [2.05, 4.69) is 25.1 Å². The zero-order valence-electron chi connectivity index (χ0n) is 23.0. The number of methoxy groups -OCH3 is 2. The van der Waals surface area contributed by atoms with Gasteiger partial charge in [0.2, 0.25) is 5.91 Å². The minimum absolute atomic E-state index is 0.0107. The van der Waals surface area contributed by atoms with Crippen LogP contribution in [0.1, 0.15) is 27.7 Å². The van der Waals surface area contributed by atoms with E-state index in [1.165, 1.54) is 19.6 Å². The predicted octanol–water partition coefficient (Wildman–Crippen LogP) is 2.10. The molecule has 2 N–H and O–H groups in total. The van der Waals surface area contributed by atoms with Gasteiger partial charge in [-0.3, -0.25) is 9.59 Å². The Balaban J connectivity index is 1.42. The van der Waals surface area contributed by atoms with Crippen molar-refractivity contribution in [2.45, 2.75) is 18.5 Å². The zero-order chi connectivity index (χ0) is 30.5. The largest absolute Gasteiger partial charge is 0.486 e. The highest BCUT2D eigenvalue weighted by Gasteiger charge is 2.45. The molecule has 15 heteroatoms. The van der Waals surface area contributed by atoms with E-state index in [1.807, 2.05) is 0 Å². The molecule has 14 nitrogen and oxygen atoms in total. The van der Waals surface area contributed by atoms with Crippen LogP contribution in [-0.4, -0.2) is 79.8 Å². The Morgan fingerprint density at radius 2 is 1.88 bits per heavy atom. The number of anilines is 1. The van der Waals surface area contributed by atoms with Crippen LogP contribution in [0.15, 0.2) is 47.8 Å². The van der Waals surface area contributed by atoms with E-state index >= 15 is 0 Å². The van der Waals surface area contributed by atoms with Crippen LogP contribution in [0.5, 0.6) is 17.2 Å². The van der Waals surface area contributed by atoms with Crippen molar-refractivity contribution in [3.8, 4) is 17.2 Å². The van der Waals surface area contributed by atoms with Gasteiger partial charge in [-0.05, 0) is 35.4 Å². The topological polar surface area (TPSA) is 172 Å². The number of ether oxygens (including phenoxy) is 5. The standard InChI is InChI=1S/C28H26N4O10S/c1-38-22(33)13-42-17-5-3-4-15(10-17)11-19(24(34)31-27-29-18(14-43-27)26(36)39-2)32-25(35)23(30-28(32)37)16-6-7-20-21(12-16)41-9-8-40-20/h3-7,10,12,14,19,23H,8-9,11,13H2,1-2H3,(H,30,37)(H,29,31,34)/t19-,23?/m0/s1. The van der Waals surface area contributed by atoms with Gasteiger partial charge >= 0.3 is 18.0 Å². The van der Waals surface area contributed by atoms with Crippen molar-refractivity contribution in [1.82, 2.24) is 15.2 Å². The smallest absolute Gasteiger partial charge is 0.357 e. The van der Waals surface area contributed by atoms with Crippen LogP contribution in [-0.2, 0) is 30.3 Å². The van der Waals surface area contributed by atoms with Crippen LogP contribution in [0.2, 0.25) is 0 Å². The summed E-state index contributed by atoms with van der Waals surface area (Å²) < 4.78 is 25.9. The van der Waals surface area contributed by atoms with Gasteiger partial charge in [-0.2, -0.15) is 0 Å². The van der Waals surface area contributed by atoms with Crippen LogP contribution >= 0.6 is 11.3 Å². The van der Waals surface area contributed by atoms with Crippen molar-refractivity contribution < 1.29 is 47.7 Å². The average Bonchev–Trinajstić information content (AvgIpc) is 3.61. The number of carbonyl (C=O) groups is 5. The van der Waals surface area contributed by atoms with Crippen molar-refractivity contribution in [3.63, 3.8) is 0 Å². The van der Waals surface area contributed by atoms with Gasteiger partial charge in [-0.15, -0.1) is 11.3 Å². The van der Waals surface area contributed by atoms with E-state index in [4.69, 9.17) is 14.2 Å². The van der Waals surface area contributed by atoms with Gasteiger partial charge in [0.25, 0.3) is 5.91 Å². The second kappa shape index (κ2) is 12.8. The lowest BCUT2D eigenvalue weighted by molar-refractivity contribution is -0.143. The van der Waals surface area contributed by atoms with Crippen molar-refractivity contribution in [1.29, 1.82) is 0 Å². The zero-order valence-corrected chi connectivity index (χ0v) is 23.8. The number of nitrogens with zero attached hydrogens (tertiary/aromatic N) is 2. The van der Waals surface area contributed by atoms with Crippen LogP contribution in [0.4, 0.5) is 9.93 Å². The molecule has 2 aliphatic rings. The Bertz CT molecular complexity index is 1570. The molecule has 1 saturated heterocycles. The third-order valence-corrected chi connectivity index (χ3v) is 7.28. The normalized spacial score (nSPS) is 16.2. The van der Waals surface area contributed by atoms with Gasteiger partial charge in [0, 0.05) is 11.8 Å². The Kier molecular flexibility index (Phi) is 8.71. The first-order chi connectivity index (χ1) is 20.8. The van der Waals surface area contributed by atoms with Crippen LogP contribution in [0.25, 0.3) is 0 Å². The molecule has 2 aliphatic heterocycles. The number of carbonyl (C=O) groups excluding carboxylic acids is 5. The molecule has 2 atom stereocenters. The van der Waals surface area contributed by atoms with Gasteiger partial charge in [-0.25, -0.2) is 24.3 Å². The van der Waals surface area contributed by atoms with E-state index in [0.29, 0.717) is 41.6 Å². The Morgan fingerprint density at radius 1 is 1.09 bits per heavy atom. The molecule has 1 unspecified atom stereocenters. The molecule has 1 fully saturated rings. The lowest BCUT2D eigenvalue weighted by Crippen LogP contribution is -2.49. The van der Waals surface area contributed by atoms with Crippen molar-refractivity contribution >= 4 is 46.3 Å². The molecule has 1 aromatic heterocycles. The number of nitrogens with one attached hydrogen (secondary N) is 2. The summed E-state index contributed by atoms with van der Waals surface area (Å²) in [5.41, 5.74) is 0.967. The van der Waals surface area contributed by atoms with E-state index in [9.17, 15) is 24.0 Å². The number of rotatable bonds is 10. The Labute approximate surface area is 248 Å². The van der Waals surface area contributed by atoms with Crippen LogP contribution in [0.3, 0.4) is 0 Å². The van der Waals surface area contributed by atoms with Gasteiger partial charge in [-0.1, -0.05) is 18.2 Å². The molecule has 0 saturated carbocycles. The van der Waals surface area contributed by atoms with Crippen LogP contribution in [0, 0.1) is 0 Å². The summed E-state index contributed by atoms with van der Waals surface area (Å²) in [7, 11) is 2.44. The second-order valence-electron chi connectivity index (χ2n) is 9.24. The molecule has 0 aliphatic carbocycles. The lowest BCUT2D eigenvalue weighted by Gasteiger charge is -2.24. The Hall–Kier alpha value is -5.18. The molecule has 0 bridgehead atoms. The summed E-state index contributed by atoms with van der Waals surface area (Å²) in [6.45, 7) is 0.401. The number of hydrogen-bond donors (Lipinski definition) is 2. The predicted molar refractivity (Wildman–Crippen MR) is 149 cm³/mol. The quantitative estimate of drug-likeness (QED) is 0.254. The average molecular weight is 611 g/mol. The summed E-state index contributed by atoms with van der Waals surface area (Å²) >= 11 is 0.976. The van der Waals surface area contributed by atoms with E-state index in [1.54, 1.807) is 42.5 Å². The molecule has 224 valence electrons. The maximum atomic E-state index is 13.7. The maximum absolute atomic E-state index is 13.7. The maximum Gasteiger partial charge on any atom is 0.357 e. The molecule has 43 heavy (non-hydrogen) atoms. The monoisotopic (exact) mass is 610 g/mol. The lowest BCUT2D eigenvalue weighted by atomic mass is 10.0. The molecule has 3 heterocycles. The molecule has 0 spiro atoms. The third kappa shape index (κ3) is 6.51. The number of amides is 4. The molecule has 0 radical (unpaired) electrons. The number of fused-ring (bicyclic) bond motifs is 1. The molecule has 2 aromatic carbocycles. The summed E-state index contributed by atoms with van der Waals surface area (Å²) in [5, 5.41) is 6.72. The number of urea groups is 1. The van der Waals surface area contributed by atoms with E-state index in [0.717, 1.165) is 16.2 Å². The van der Waals surface area contributed by atoms with Gasteiger partial charge in [0.1, 0.15) is 31.0 Å². The highest BCUT2D eigenvalue weighted by molar-refractivity contribution is 7.14. The third-order valence-electron chi connectivity index (χ3n) is 6.53. The first-order valence-corrected chi connectivity index (χ1v) is 13.8. The number of hydrogen-bond acceptors (Lipinski definition) is 12. The highest BCUT2D eigenvalue weighted by atomic mass is 32.1. The minimum atomic E-state index is -1.34. The van der Waals surface area contributed by atoms with Crippen LogP contribution < -0.4 is 24.8 Å². The number of imide groups is 1. The summed E-state index contributed by atoms with van der Waals surface area (Å²) in [6, 6.07) is 8.22. The molecule has 5 rings (SSSR count).